The SMILES string of the molecule is O=C(NC(CCN1CCCC(F)(F)C1)C1(C(=O)O)CC1)c1cc(-c2ccccc2C(F)(F)F)n(-c2ccccn2)n1. The number of likely N-dealkylation sites (tertiary alicyclic amines) is 1. The van der Waals surface area contributed by atoms with E-state index in [9.17, 15) is 36.6 Å². The Morgan fingerprint density at radius 3 is 2.44 bits per heavy atom. The first kappa shape index (κ1) is 28.7. The van der Waals surface area contributed by atoms with Crippen molar-refractivity contribution in [1.82, 2.24) is 25.0 Å². The van der Waals surface area contributed by atoms with Crippen molar-refractivity contribution in [2.75, 3.05) is 19.6 Å². The van der Waals surface area contributed by atoms with Crippen molar-refractivity contribution in [3.63, 3.8) is 0 Å². The highest BCUT2D eigenvalue weighted by Gasteiger charge is 2.56. The van der Waals surface area contributed by atoms with E-state index in [0.717, 1.165) is 10.7 Å². The molecule has 0 spiro atoms. The van der Waals surface area contributed by atoms with Crippen LogP contribution in [0.2, 0.25) is 0 Å². The Labute approximate surface area is 232 Å². The quantitative estimate of drug-likeness (QED) is 0.346. The number of halogens is 5. The predicted octanol–water partition coefficient (Wildman–Crippen LogP) is 5.04. The molecule has 1 aromatic carbocycles. The van der Waals surface area contributed by atoms with Gasteiger partial charge >= 0.3 is 12.1 Å². The van der Waals surface area contributed by atoms with Gasteiger partial charge < -0.3 is 10.4 Å². The zero-order valence-corrected chi connectivity index (χ0v) is 21.9. The Hall–Kier alpha value is -3.87. The van der Waals surface area contributed by atoms with Crippen LogP contribution in [0.15, 0.2) is 54.7 Å². The van der Waals surface area contributed by atoms with Crippen LogP contribution in [0.25, 0.3) is 17.1 Å². The van der Waals surface area contributed by atoms with Gasteiger partial charge in [-0.2, -0.15) is 18.3 Å². The van der Waals surface area contributed by atoms with Crippen LogP contribution in [-0.2, 0) is 11.0 Å². The van der Waals surface area contributed by atoms with E-state index in [0.29, 0.717) is 25.8 Å². The van der Waals surface area contributed by atoms with Crippen molar-refractivity contribution in [2.45, 2.75) is 50.2 Å². The first-order valence-corrected chi connectivity index (χ1v) is 13.2. The number of pyridine rings is 1. The molecule has 1 atom stereocenters. The molecule has 2 aliphatic rings. The Bertz CT molecular complexity index is 1420. The number of alkyl halides is 5. The summed E-state index contributed by atoms with van der Waals surface area (Å²) in [5, 5.41) is 16.9. The van der Waals surface area contributed by atoms with E-state index in [2.05, 4.69) is 15.4 Å². The van der Waals surface area contributed by atoms with Crippen LogP contribution in [0, 0.1) is 5.41 Å². The summed E-state index contributed by atoms with van der Waals surface area (Å²) in [5.41, 5.74) is -2.66. The number of nitrogens with zero attached hydrogens (tertiary/aromatic N) is 4. The third kappa shape index (κ3) is 6.09. The minimum absolute atomic E-state index is 0.0340. The summed E-state index contributed by atoms with van der Waals surface area (Å²) < 4.78 is 70.6. The molecule has 0 bridgehead atoms. The number of carbonyl (C=O) groups is 2. The maximum atomic E-state index is 13.9. The highest BCUT2D eigenvalue weighted by molar-refractivity contribution is 5.94. The molecule has 1 aliphatic carbocycles. The second-order valence-corrected chi connectivity index (χ2v) is 10.6. The zero-order valence-electron chi connectivity index (χ0n) is 21.9. The topological polar surface area (TPSA) is 100 Å². The first-order valence-electron chi connectivity index (χ1n) is 13.2. The number of aliphatic carboxylic acids is 1. The highest BCUT2D eigenvalue weighted by Crippen LogP contribution is 2.50. The van der Waals surface area contributed by atoms with Gasteiger partial charge in [-0.25, -0.2) is 18.4 Å². The fourth-order valence-corrected chi connectivity index (χ4v) is 5.41. The number of rotatable bonds is 9. The zero-order chi connectivity index (χ0) is 29.4. The summed E-state index contributed by atoms with van der Waals surface area (Å²) in [6.07, 6.45) is -2.44. The molecule has 5 rings (SSSR count). The van der Waals surface area contributed by atoms with Gasteiger partial charge in [-0.05, 0) is 56.5 Å². The minimum Gasteiger partial charge on any atom is -0.481 e. The largest absolute Gasteiger partial charge is 0.481 e. The van der Waals surface area contributed by atoms with E-state index in [1.165, 1.54) is 36.5 Å². The number of aromatic nitrogens is 3. The van der Waals surface area contributed by atoms with E-state index in [1.807, 2.05) is 0 Å². The van der Waals surface area contributed by atoms with Crippen molar-refractivity contribution in [1.29, 1.82) is 0 Å². The molecule has 1 saturated heterocycles. The number of amides is 1. The van der Waals surface area contributed by atoms with Crippen molar-refractivity contribution in [3.8, 4) is 17.1 Å². The Kier molecular flexibility index (Phi) is 7.58. The molecule has 13 heteroatoms. The number of nitrogens with one attached hydrogen (secondary N) is 1. The summed E-state index contributed by atoms with van der Waals surface area (Å²) in [5.74, 6) is -4.55. The maximum absolute atomic E-state index is 13.9. The van der Waals surface area contributed by atoms with Crippen molar-refractivity contribution < 1.29 is 36.6 Å². The lowest BCUT2D eigenvalue weighted by molar-refractivity contribution is -0.144. The van der Waals surface area contributed by atoms with Crippen LogP contribution in [0.1, 0.15) is 48.2 Å². The van der Waals surface area contributed by atoms with Gasteiger partial charge in [0.15, 0.2) is 11.5 Å². The summed E-state index contributed by atoms with van der Waals surface area (Å²) in [4.78, 5) is 31.3. The van der Waals surface area contributed by atoms with Gasteiger partial charge in [0, 0.05) is 30.8 Å². The van der Waals surface area contributed by atoms with Crippen molar-refractivity contribution >= 4 is 11.9 Å². The number of piperidine rings is 1. The third-order valence-corrected chi connectivity index (χ3v) is 7.71. The number of carboxylic acids is 1. The van der Waals surface area contributed by atoms with E-state index in [-0.39, 0.29) is 42.2 Å². The van der Waals surface area contributed by atoms with Crippen molar-refractivity contribution in [3.05, 3.63) is 66.0 Å². The Balaban J connectivity index is 1.46. The lowest BCUT2D eigenvalue weighted by atomic mass is 9.92. The second-order valence-electron chi connectivity index (χ2n) is 10.6. The molecule has 2 aromatic heterocycles. The molecule has 0 radical (unpaired) electrons. The standard InChI is InChI=1S/C28H28F5N5O3/c29-27(30)10-5-14-37(17-27)15-9-22(26(11-12-26)25(40)41)35-24(39)20-16-21(38(36-20)23-8-3-4-13-34-23)18-6-1-2-7-19(18)28(31,32)33/h1-4,6-8,13,16,22H,5,9-12,14-15,17H2,(H,35,39)(H,40,41). The van der Waals surface area contributed by atoms with E-state index in [4.69, 9.17) is 0 Å². The summed E-state index contributed by atoms with van der Waals surface area (Å²) in [6.45, 7) is 0.152. The Morgan fingerprint density at radius 2 is 1.80 bits per heavy atom. The molecule has 1 unspecified atom stereocenters. The molecule has 8 nitrogen and oxygen atoms in total. The minimum atomic E-state index is -4.69. The molecule has 2 fully saturated rings. The molecule has 2 N–H and O–H groups in total. The van der Waals surface area contributed by atoms with Crippen molar-refractivity contribution in [2.24, 2.45) is 5.41 Å². The van der Waals surface area contributed by atoms with Crippen LogP contribution < -0.4 is 5.32 Å². The van der Waals surface area contributed by atoms with Gasteiger partial charge in [-0.15, -0.1) is 0 Å². The monoisotopic (exact) mass is 577 g/mol. The molecule has 3 aromatic rings. The van der Waals surface area contributed by atoms with E-state index >= 15 is 0 Å². The molecule has 3 heterocycles. The van der Waals surface area contributed by atoms with Gasteiger partial charge in [0.1, 0.15) is 0 Å². The van der Waals surface area contributed by atoms with Gasteiger partial charge in [0.2, 0.25) is 0 Å². The second kappa shape index (κ2) is 10.8. The smallest absolute Gasteiger partial charge is 0.417 e. The van der Waals surface area contributed by atoms with Gasteiger partial charge in [0.25, 0.3) is 11.8 Å². The fraction of sp³-hybridized carbons (Fsp3) is 0.429. The number of carboxylic acid groups (broad SMARTS) is 1. The number of hydrogen-bond donors (Lipinski definition) is 2. The van der Waals surface area contributed by atoms with Crippen LogP contribution in [0.4, 0.5) is 22.0 Å². The lowest BCUT2D eigenvalue weighted by Crippen LogP contribution is -2.49. The molecule has 218 valence electrons. The van der Waals surface area contributed by atoms with Gasteiger partial charge in [-0.3, -0.25) is 14.5 Å². The average Bonchev–Trinajstić information content (AvgIpc) is 3.62. The molecule has 1 saturated carbocycles. The predicted molar refractivity (Wildman–Crippen MR) is 138 cm³/mol. The van der Waals surface area contributed by atoms with E-state index < -0.39 is 47.5 Å². The summed E-state index contributed by atoms with van der Waals surface area (Å²) in [6, 6.07) is 9.95. The van der Waals surface area contributed by atoms with Gasteiger partial charge in [0.05, 0.1) is 23.2 Å². The fourth-order valence-electron chi connectivity index (χ4n) is 5.41. The van der Waals surface area contributed by atoms with E-state index in [1.54, 1.807) is 17.0 Å². The average molecular weight is 578 g/mol. The Morgan fingerprint density at radius 1 is 1.07 bits per heavy atom. The van der Waals surface area contributed by atoms with Crippen LogP contribution in [0.3, 0.4) is 0 Å². The molecular formula is C28H28F5N5O3. The molecule has 1 amide bonds. The summed E-state index contributed by atoms with van der Waals surface area (Å²) >= 11 is 0. The number of benzene rings is 1. The molecule has 41 heavy (non-hydrogen) atoms. The van der Waals surface area contributed by atoms with Gasteiger partial charge in [-0.1, -0.05) is 24.3 Å². The maximum Gasteiger partial charge on any atom is 0.417 e. The molecule has 1 aliphatic heterocycles. The normalized spacial score (nSPS) is 19.0. The first-order chi connectivity index (χ1) is 19.4. The molecular weight excluding hydrogens is 549 g/mol. The number of hydrogen-bond acceptors (Lipinski definition) is 5. The number of carbonyl (C=O) groups excluding carboxylic acids is 1. The lowest BCUT2D eigenvalue weighted by Gasteiger charge is -2.34. The summed E-state index contributed by atoms with van der Waals surface area (Å²) in [7, 11) is 0. The van der Waals surface area contributed by atoms with Crippen LogP contribution in [-0.4, -0.2) is 68.2 Å². The van der Waals surface area contributed by atoms with Crippen LogP contribution >= 0.6 is 0 Å². The highest BCUT2D eigenvalue weighted by atomic mass is 19.4. The third-order valence-electron chi connectivity index (χ3n) is 7.71. The van der Waals surface area contributed by atoms with Crippen LogP contribution in [0.5, 0.6) is 0 Å².